The monoisotopic (exact) mass is 379 g/mol. The van der Waals surface area contributed by atoms with Gasteiger partial charge in [0.1, 0.15) is 11.9 Å². The molecule has 2 heterocycles. The van der Waals surface area contributed by atoms with E-state index in [1.165, 1.54) is 46.1 Å². The molecule has 29 heavy (non-hydrogen) atoms. The molecule has 0 unspecified atom stereocenters. The Hall–Kier alpha value is -3.00. The maximum Gasteiger partial charge on any atom is 0.146 e. The van der Waals surface area contributed by atoms with Gasteiger partial charge in [-0.15, -0.1) is 0 Å². The Balaban J connectivity index is 1.58. The van der Waals surface area contributed by atoms with Gasteiger partial charge in [-0.3, -0.25) is 0 Å². The number of aryl methyl sites for hydroxylation is 1. The molecule has 3 atom stereocenters. The Kier molecular flexibility index (Phi) is 3.80. The number of hydrogen-bond donors (Lipinski definition) is 1. The number of aromatic amines is 1. The summed E-state index contributed by atoms with van der Waals surface area (Å²) in [4.78, 5) is 3.72. The van der Waals surface area contributed by atoms with E-state index in [1.807, 2.05) is 0 Å². The van der Waals surface area contributed by atoms with Gasteiger partial charge in [-0.05, 0) is 54.5 Å². The fraction of sp³-hybridized carbons (Fsp3) is 0.259. The van der Waals surface area contributed by atoms with Gasteiger partial charge in [-0.1, -0.05) is 66.7 Å². The summed E-state index contributed by atoms with van der Waals surface area (Å²) in [5.41, 5.74) is 6.48. The molecular formula is C27H25NO. The highest BCUT2D eigenvalue weighted by Gasteiger charge is 2.47. The zero-order valence-electron chi connectivity index (χ0n) is 16.6. The Labute approximate surface area is 171 Å². The average molecular weight is 380 g/mol. The first-order valence-electron chi connectivity index (χ1n) is 10.7. The smallest absolute Gasteiger partial charge is 0.146 e. The van der Waals surface area contributed by atoms with Gasteiger partial charge in [0.05, 0.1) is 5.69 Å². The number of nitrogens with one attached hydrogen (secondary N) is 1. The Bertz CT molecular complexity index is 1170. The highest BCUT2D eigenvalue weighted by molar-refractivity contribution is 5.84. The van der Waals surface area contributed by atoms with Crippen molar-refractivity contribution in [1.82, 2.24) is 4.98 Å². The van der Waals surface area contributed by atoms with Crippen LogP contribution in [0.3, 0.4) is 0 Å². The zero-order valence-corrected chi connectivity index (χ0v) is 16.6. The van der Waals surface area contributed by atoms with Crippen molar-refractivity contribution in [2.45, 2.75) is 37.7 Å². The summed E-state index contributed by atoms with van der Waals surface area (Å²) in [6, 6.07) is 28.3. The molecule has 2 heteroatoms. The first-order valence-corrected chi connectivity index (χ1v) is 10.7. The molecule has 3 aromatic carbocycles. The van der Waals surface area contributed by atoms with Crippen LogP contribution in [-0.2, 0) is 0 Å². The molecule has 2 aliphatic rings. The van der Waals surface area contributed by atoms with Gasteiger partial charge in [-0.25, -0.2) is 0 Å². The quantitative estimate of drug-likeness (QED) is 0.412. The minimum absolute atomic E-state index is 0.00898. The molecule has 6 rings (SSSR count). The van der Waals surface area contributed by atoms with Crippen LogP contribution in [0.15, 0.2) is 78.9 Å². The number of para-hydroxylation sites is 2. The number of aromatic nitrogens is 1. The van der Waals surface area contributed by atoms with Crippen molar-refractivity contribution in [3.8, 4) is 5.75 Å². The molecule has 0 bridgehead atoms. The number of fused-ring (bicyclic) bond motifs is 2. The van der Waals surface area contributed by atoms with Gasteiger partial charge in [0.25, 0.3) is 0 Å². The molecule has 4 aromatic rings. The van der Waals surface area contributed by atoms with Gasteiger partial charge in [-0.2, -0.15) is 0 Å². The van der Waals surface area contributed by atoms with Gasteiger partial charge >= 0.3 is 0 Å². The predicted molar refractivity (Wildman–Crippen MR) is 117 cm³/mol. The third-order valence-corrected chi connectivity index (χ3v) is 6.85. The Morgan fingerprint density at radius 1 is 0.793 bits per heavy atom. The summed E-state index contributed by atoms with van der Waals surface area (Å²) in [6.07, 6.45) is 2.63. The molecule has 1 aliphatic heterocycles. The lowest BCUT2D eigenvalue weighted by molar-refractivity contribution is 0.123. The van der Waals surface area contributed by atoms with Crippen LogP contribution >= 0.6 is 0 Å². The average Bonchev–Trinajstić information content (AvgIpc) is 3.56. The summed E-state index contributed by atoms with van der Waals surface area (Å²) >= 11 is 0. The topological polar surface area (TPSA) is 25.0 Å². The fourth-order valence-electron chi connectivity index (χ4n) is 5.34. The van der Waals surface area contributed by atoms with E-state index < -0.39 is 0 Å². The largest absolute Gasteiger partial charge is 0.483 e. The van der Waals surface area contributed by atoms with Crippen LogP contribution in [0.5, 0.6) is 5.75 Å². The normalized spacial score (nSPS) is 23.6. The summed E-state index contributed by atoms with van der Waals surface area (Å²) < 4.78 is 6.77. The highest BCUT2D eigenvalue weighted by atomic mass is 16.5. The van der Waals surface area contributed by atoms with Crippen molar-refractivity contribution in [3.05, 3.63) is 101 Å². The molecule has 0 amide bonds. The van der Waals surface area contributed by atoms with Crippen LogP contribution in [0.4, 0.5) is 0 Å². The zero-order chi connectivity index (χ0) is 19.4. The highest BCUT2D eigenvalue weighted by Crippen LogP contribution is 2.59. The summed E-state index contributed by atoms with van der Waals surface area (Å²) in [5, 5.41) is 1.29. The SMILES string of the molecule is Cc1c([C@@H]2Oc3ccccc3[C@@H](C3CC3)[C@H]2c2ccccc2)[nH]c2ccccc12. The van der Waals surface area contributed by atoms with Crippen molar-refractivity contribution < 1.29 is 4.74 Å². The van der Waals surface area contributed by atoms with Crippen molar-refractivity contribution in [2.75, 3.05) is 0 Å². The first kappa shape index (κ1) is 16.9. The first-order chi connectivity index (χ1) is 14.3. The maximum absolute atomic E-state index is 6.77. The van der Waals surface area contributed by atoms with E-state index >= 15 is 0 Å². The van der Waals surface area contributed by atoms with E-state index in [2.05, 4.69) is 90.8 Å². The third kappa shape index (κ3) is 2.70. The predicted octanol–water partition coefficient (Wildman–Crippen LogP) is 6.89. The van der Waals surface area contributed by atoms with E-state index in [-0.39, 0.29) is 6.10 Å². The minimum Gasteiger partial charge on any atom is -0.483 e. The van der Waals surface area contributed by atoms with Crippen molar-refractivity contribution in [2.24, 2.45) is 5.92 Å². The van der Waals surface area contributed by atoms with Gasteiger partial charge in [0.15, 0.2) is 0 Å². The Morgan fingerprint density at radius 2 is 1.52 bits per heavy atom. The van der Waals surface area contributed by atoms with Gasteiger partial charge in [0, 0.05) is 22.7 Å². The van der Waals surface area contributed by atoms with Crippen LogP contribution in [0.2, 0.25) is 0 Å². The second-order valence-corrected chi connectivity index (χ2v) is 8.59. The van der Waals surface area contributed by atoms with E-state index in [4.69, 9.17) is 4.74 Å². The van der Waals surface area contributed by atoms with Crippen molar-refractivity contribution in [3.63, 3.8) is 0 Å². The van der Waals surface area contributed by atoms with E-state index in [0.29, 0.717) is 11.8 Å². The lowest BCUT2D eigenvalue weighted by atomic mass is 9.72. The maximum atomic E-state index is 6.77. The number of H-pyrrole nitrogens is 1. The fourth-order valence-corrected chi connectivity index (χ4v) is 5.34. The van der Waals surface area contributed by atoms with Crippen LogP contribution in [0.1, 0.15) is 53.2 Å². The molecule has 0 spiro atoms. The van der Waals surface area contributed by atoms with Crippen molar-refractivity contribution in [1.29, 1.82) is 0 Å². The molecule has 0 radical (unpaired) electrons. The number of hydrogen-bond acceptors (Lipinski definition) is 1. The second kappa shape index (κ2) is 6.52. The van der Waals surface area contributed by atoms with E-state index in [1.54, 1.807) is 0 Å². The number of ether oxygens (including phenoxy) is 1. The van der Waals surface area contributed by atoms with Gasteiger partial charge < -0.3 is 9.72 Å². The molecule has 1 N–H and O–H groups in total. The van der Waals surface area contributed by atoms with E-state index in [0.717, 1.165) is 11.7 Å². The molecule has 1 saturated carbocycles. The molecule has 1 aliphatic carbocycles. The summed E-state index contributed by atoms with van der Waals surface area (Å²) in [6.45, 7) is 2.23. The van der Waals surface area contributed by atoms with Crippen LogP contribution in [0.25, 0.3) is 10.9 Å². The van der Waals surface area contributed by atoms with Crippen LogP contribution < -0.4 is 4.74 Å². The van der Waals surface area contributed by atoms with Crippen LogP contribution in [0, 0.1) is 12.8 Å². The molecule has 1 fully saturated rings. The lowest BCUT2D eigenvalue weighted by Crippen LogP contribution is -2.30. The van der Waals surface area contributed by atoms with Gasteiger partial charge in [0.2, 0.25) is 0 Å². The standard InChI is InChI=1S/C27H25NO/c1-17-20-11-5-7-13-22(20)28-26(17)27-25(18-9-3-2-4-10-18)24(19-15-16-19)21-12-6-8-14-23(21)29-27/h2-14,19,24-25,27-28H,15-16H2,1H3/t24-,25-,27-/m1/s1. The molecule has 144 valence electrons. The summed E-state index contributed by atoms with van der Waals surface area (Å²) in [5.74, 6) is 2.61. The molecular weight excluding hydrogens is 354 g/mol. The molecule has 2 nitrogen and oxygen atoms in total. The summed E-state index contributed by atoms with van der Waals surface area (Å²) in [7, 11) is 0. The Morgan fingerprint density at radius 3 is 2.31 bits per heavy atom. The molecule has 0 saturated heterocycles. The number of rotatable bonds is 3. The third-order valence-electron chi connectivity index (χ3n) is 6.85. The second-order valence-electron chi connectivity index (χ2n) is 8.59. The molecule has 1 aromatic heterocycles. The van der Waals surface area contributed by atoms with Crippen molar-refractivity contribution >= 4 is 10.9 Å². The minimum atomic E-state index is -0.00898. The van der Waals surface area contributed by atoms with Crippen LogP contribution in [-0.4, -0.2) is 4.98 Å². The number of benzene rings is 3. The lowest BCUT2D eigenvalue weighted by Gasteiger charge is -2.40. The van der Waals surface area contributed by atoms with E-state index in [9.17, 15) is 0 Å².